The van der Waals surface area contributed by atoms with Crippen molar-refractivity contribution in [2.75, 3.05) is 59.0 Å². The standard InChI is InChI=1S/C19H33N3O2/c23-19(22-11-13-24-14-12-22)17-3-9-21(10-4-17)18-5-7-20(8-6-18)15-16-1-2-16/h16-18H,1-15H2. The molecule has 4 rings (SSSR count). The van der Waals surface area contributed by atoms with Crippen molar-refractivity contribution in [3.05, 3.63) is 0 Å². The van der Waals surface area contributed by atoms with E-state index in [0.29, 0.717) is 19.1 Å². The fraction of sp³-hybridized carbons (Fsp3) is 0.947. The molecule has 0 atom stereocenters. The van der Waals surface area contributed by atoms with E-state index in [-0.39, 0.29) is 5.92 Å². The number of nitrogens with zero attached hydrogens (tertiary/aromatic N) is 3. The van der Waals surface area contributed by atoms with E-state index in [4.69, 9.17) is 4.74 Å². The second-order valence-electron chi connectivity index (χ2n) is 8.22. The molecule has 0 bridgehead atoms. The Labute approximate surface area is 146 Å². The third kappa shape index (κ3) is 4.12. The molecular weight excluding hydrogens is 302 g/mol. The second kappa shape index (κ2) is 7.71. The van der Waals surface area contributed by atoms with E-state index in [0.717, 1.165) is 51.0 Å². The number of carbonyl (C=O) groups is 1. The van der Waals surface area contributed by atoms with Crippen molar-refractivity contribution >= 4 is 5.91 Å². The van der Waals surface area contributed by atoms with Gasteiger partial charge < -0.3 is 19.4 Å². The van der Waals surface area contributed by atoms with Crippen LogP contribution in [0.1, 0.15) is 38.5 Å². The van der Waals surface area contributed by atoms with Gasteiger partial charge in [0, 0.05) is 31.6 Å². The maximum absolute atomic E-state index is 12.6. The molecule has 0 unspecified atom stereocenters. The molecule has 1 amide bonds. The van der Waals surface area contributed by atoms with Gasteiger partial charge in [0.1, 0.15) is 0 Å². The first-order chi connectivity index (χ1) is 11.8. The number of likely N-dealkylation sites (tertiary alicyclic amines) is 2. The molecule has 0 aromatic carbocycles. The number of piperidine rings is 2. The first-order valence-corrected chi connectivity index (χ1v) is 10.1. The highest BCUT2D eigenvalue weighted by Gasteiger charge is 2.33. The summed E-state index contributed by atoms with van der Waals surface area (Å²) in [7, 11) is 0. The summed E-state index contributed by atoms with van der Waals surface area (Å²) in [6.07, 6.45) is 7.69. The Hall–Kier alpha value is -0.650. The molecule has 5 heteroatoms. The van der Waals surface area contributed by atoms with Gasteiger partial charge in [0.05, 0.1) is 13.2 Å². The third-order valence-corrected chi connectivity index (χ3v) is 6.49. The molecule has 1 aliphatic carbocycles. The lowest BCUT2D eigenvalue weighted by Crippen LogP contribution is -2.50. The molecule has 0 N–H and O–H groups in total. The monoisotopic (exact) mass is 335 g/mol. The zero-order chi connectivity index (χ0) is 16.4. The molecule has 0 radical (unpaired) electrons. The largest absolute Gasteiger partial charge is 0.378 e. The predicted molar refractivity (Wildman–Crippen MR) is 93.9 cm³/mol. The fourth-order valence-corrected chi connectivity index (χ4v) is 4.69. The molecule has 3 heterocycles. The summed E-state index contributed by atoms with van der Waals surface area (Å²) in [5.74, 6) is 1.66. The van der Waals surface area contributed by atoms with Crippen molar-refractivity contribution in [1.29, 1.82) is 0 Å². The van der Waals surface area contributed by atoms with Gasteiger partial charge >= 0.3 is 0 Å². The first-order valence-electron chi connectivity index (χ1n) is 10.1. The van der Waals surface area contributed by atoms with Crippen LogP contribution in [0.3, 0.4) is 0 Å². The van der Waals surface area contributed by atoms with E-state index in [9.17, 15) is 4.79 Å². The molecule has 4 aliphatic rings. The van der Waals surface area contributed by atoms with Crippen LogP contribution in [-0.2, 0) is 9.53 Å². The lowest BCUT2D eigenvalue weighted by Gasteiger charge is -2.42. The average molecular weight is 335 g/mol. The Morgan fingerprint density at radius 2 is 1.50 bits per heavy atom. The Morgan fingerprint density at radius 1 is 0.833 bits per heavy atom. The molecule has 136 valence electrons. The molecule has 0 aromatic heterocycles. The van der Waals surface area contributed by atoms with E-state index >= 15 is 0 Å². The van der Waals surface area contributed by atoms with Crippen LogP contribution in [-0.4, -0.2) is 85.7 Å². The van der Waals surface area contributed by atoms with Crippen LogP contribution in [0.5, 0.6) is 0 Å². The number of hydrogen-bond acceptors (Lipinski definition) is 4. The predicted octanol–water partition coefficient (Wildman–Crippen LogP) is 1.43. The minimum absolute atomic E-state index is 0.259. The lowest BCUT2D eigenvalue weighted by atomic mass is 9.92. The smallest absolute Gasteiger partial charge is 0.225 e. The Kier molecular flexibility index (Phi) is 5.40. The molecule has 3 aliphatic heterocycles. The van der Waals surface area contributed by atoms with E-state index in [2.05, 4.69) is 9.80 Å². The van der Waals surface area contributed by atoms with Crippen LogP contribution in [0.4, 0.5) is 0 Å². The molecule has 4 fully saturated rings. The van der Waals surface area contributed by atoms with Gasteiger partial charge in [0.2, 0.25) is 5.91 Å². The Morgan fingerprint density at radius 3 is 2.12 bits per heavy atom. The Balaban J connectivity index is 1.19. The normalized spacial score (nSPS) is 29.1. The van der Waals surface area contributed by atoms with Gasteiger partial charge in [-0.1, -0.05) is 0 Å². The van der Waals surface area contributed by atoms with E-state index in [1.165, 1.54) is 45.3 Å². The SMILES string of the molecule is O=C(C1CCN(C2CCN(CC3CC3)CC2)CC1)N1CCOCC1. The molecule has 1 saturated carbocycles. The average Bonchev–Trinajstić information content (AvgIpc) is 3.47. The van der Waals surface area contributed by atoms with Crippen LogP contribution < -0.4 is 0 Å². The number of hydrogen-bond donors (Lipinski definition) is 0. The van der Waals surface area contributed by atoms with Gasteiger partial charge in [-0.2, -0.15) is 0 Å². The number of ether oxygens (including phenoxy) is 1. The number of morpholine rings is 1. The first kappa shape index (κ1) is 16.8. The number of carbonyl (C=O) groups excluding carboxylic acids is 1. The maximum atomic E-state index is 12.6. The maximum Gasteiger partial charge on any atom is 0.225 e. The number of amides is 1. The van der Waals surface area contributed by atoms with Crippen molar-refractivity contribution in [1.82, 2.24) is 14.7 Å². The van der Waals surface area contributed by atoms with Gasteiger partial charge in [-0.05, 0) is 70.6 Å². The Bertz CT molecular complexity index is 418. The summed E-state index contributed by atoms with van der Waals surface area (Å²) < 4.78 is 5.36. The molecule has 0 spiro atoms. The number of rotatable bonds is 4. The summed E-state index contributed by atoms with van der Waals surface area (Å²) in [6.45, 7) is 9.16. The molecule has 3 saturated heterocycles. The minimum atomic E-state index is 0.259. The summed E-state index contributed by atoms with van der Waals surface area (Å²) in [5, 5.41) is 0. The van der Waals surface area contributed by atoms with Crippen molar-refractivity contribution in [2.45, 2.75) is 44.6 Å². The summed E-state index contributed by atoms with van der Waals surface area (Å²) >= 11 is 0. The van der Waals surface area contributed by atoms with Crippen molar-refractivity contribution in [3.8, 4) is 0 Å². The molecule has 0 aromatic rings. The molecular formula is C19H33N3O2. The van der Waals surface area contributed by atoms with E-state index < -0.39 is 0 Å². The summed E-state index contributed by atoms with van der Waals surface area (Å²) in [5.41, 5.74) is 0. The second-order valence-corrected chi connectivity index (χ2v) is 8.22. The van der Waals surface area contributed by atoms with Crippen LogP contribution in [0.15, 0.2) is 0 Å². The van der Waals surface area contributed by atoms with Crippen LogP contribution in [0.2, 0.25) is 0 Å². The van der Waals surface area contributed by atoms with Crippen LogP contribution in [0.25, 0.3) is 0 Å². The van der Waals surface area contributed by atoms with Crippen molar-refractivity contribution in [2.24, 2.45) is 11.8 Å². The molecule has 24 heavy (non-hydrogen) atoms. The quantitative estimate of drug-likeness (QED) is 0.779. The van der Waals surface area contributed by atoms with Gasteiger partial charge in [0.15, 0.2) is 0 Å². The van der Waals surface area contributed by atoms with E-state index in [1.807, 2.05) is 4.90 Å². The minimum Gasteiger partial charge on any atom is -0.378 e. The summed E-state index contributed by atoms with van der Waals surface area (Å²) in [4.78, 5) is 20.0. The zero-order valence-corrected chi connectivity index (χ0v) is 15.0. The summed E-state index contributed by atoms with van der Waals surface area (Å²) in [6, 6.07) is 0.764. The van der Waals surface area contributed by atoms with Gasteiger partial charge in [-0.15, -0.1) is 0 Å². The highest BCUT2D eigenvalue weighted by atomic mass is 16.5. The lowest BCUT2D eigenvalue weighted by molar-refractivity contribution is -0.141. The fourth-order valence-electron chi connectivity index (χ4n) is 4.69. The van der Waals surface area contributed by atoms with Crippen LogP contribution in [0, 0.1) is 11.8 Å². The van der Waals surface area contributed by atoms with Gasteiger partial charge in [-0.3, -0.25) is 4.79 Å². The van der Waals surface area contributed by atoms with Gasteiger partial charge in [-0.25, -0.2) is 0 Å². The molecule has 5 nitrogen and oxygen atoms in total. The zero-order valence-electron chi connectivity index (χ0n) is 15.0. The highest BCUT2D eigenvalue weighted by molar-refractivity contribution is 5.79. The van der Waals surface area contributed by atoms with Crippen LogP contribution >= 0.6 is 0 Å². The van der Waals surface area contributed by atoms with Gasteiger partial charge in [0.25, 0.3) is 0 Å². The highest BCUT2D eigenvalue weighted by Crippen LogP contribution is 2.31. The third-order valence-electron chi connectivity index (χ3n) is 6.49. The topological polar surface area (TPSA) is 36.0 Å². The van der Waals surface area contributed by atoms with E-state index in [1.54, 1.807) is 0 Å². The van der Waals surface area contributed by atoms with Crippen molar-refractivity contribution in [3.63, 3.8) is 0 Å². The van der Waals surface area contributed by atoms with Crippen molar-refractivity contribution < 1.29 is 9.53 Å².